The second kappa shape index (κ2) is 4.99. The van der Waals surface area contributed by atoms with Crippen molar-refractivity contribution in [2.45, 2.75) is 27.0 Å². The molecule has 0 aliphatic rings. The van der Waals surface area contributed by atoms with Crippen molar-refractivity contribution in [3.05, 3.63) is 47.5 Å². The van der Waals surface area contributed by atoms with Gasteiger partial charge in [0.2, 0.25) is 0 Å². The quantitative estimate of drug-likeness (QED) is 0.813. The summed E-state index contributed by atoms with van der Waals surface area (Å²) < 4.78 is 20.4. The van der Waals surface area contributed by atoms with Crippen LogP contribution >= 0.6 is 0 Å². The van der Waals surface area contributed by atoms with Crippen LogP contribution in [0, 0.1) is 12.7 Å². The first kappa shape index (κ1) is 11.6. The molecule has 0 saturated heterocycles. The highest BCUT2D eigenvalue weighted by Crippen LogP contribution is 2.17. The van der Waals surface area contributed by atoms with Crippen molar-refractivity contribution in [3.8, 4) is 5.75 Å². The lowest BCUT2D eigenvalue weighted by atomic mass is 10.2. The number of aryl methyl sites for hydroxylation is 2. The van der Waals surface area contributed by atoms with Crippen molar-refractivity contribution in [2.75, 3.05) is 0 Å². The highest BCUT2D eigenvalue weighted by Gasteiger charge is 2.02. The van der Waals surface area contributed by atoms with Crippen LogP contribution in [0.4, 0.5) is 4.39 Å². The molecule has 0 atom stereocenters. The molecule has 1 aromatic heterocycles. The first-order valence-corrected chi connectivity index (χ1v) is 5.59. The summed E-state index contributed by atoms with van der Waals surface area (Å²) in [4.78, 5) is 0. The second-order valence-corrected chi connectivity index (χ2v) is 3.90. The number of halogens is 1. The van der Waals surface area contributed by atoms with Crippen LogP contribution in [0.15, 0.2) is 30.6 Å². The fourth-order valence-electron chi connectivity index (χ4n) is 1.53. The maximum Gasteiger partial charge on any atom is 0.126 e. The van der Waals surface area contributed by atoms with Gasteiger partial charge < -0.3 is 4.74 Å². The van der Waals surface area contributed by atoms with Crippen molar-refractivity contribution in [3.63, 3.8) is 0 Å². The Balaban J connectivity index is 1.99. The molecule has 17 heavy (non-hydrogen) atoms. The van der Waals surface area contributed by atoms with Crippen molar-refractivity contribution < 1.29 is 9.13 Å². The molecular weight excluding hydrogens is 219 g/mol. The van der Waals surface area contributed by atoms with E-state index in [1.54, 1.807) is 25.3 Å². The van der Waals surface area contributed by atoms with Crippen LogP contribution in [0.3, 0.4) is 0 Å². The molecule has 90 valence electrons. The summed E-state index contributed by atoms with van der Waals surface area (Å²) in [6.45, 7) is 5.04. The number of benzene rings is 1. The van der Waals surface area contributed by atoms with Crippen LogP contribution in [0.1, 0.15) is 18.1 Å². The van der Waals surface area contributed by atoms with Crippen LogP contribution < -0.4 is 4.74 Å². The van der Waals surface area contributed by atoms with Crippen molar-refractivity contribution in [2.24, 2.45) is 0 Å². The van der Waals surface area contributed by atoms with Gasteiger partial charge in [-0.15, -0.1) is 0 Å². The average Bonchev–Trinajstić information content (AvgIpc) is 2.79. The molecule has 1 aromatic carbocycles. The van der Waals surface area contributed by atoms with Gasteiger partial charge in [-0.3, -0.25) is 4.68 Å². The molecule has 0 spiro atoms. The summed E-state index contributed by atoms with van der Waals surface area (Å²) in [6, 6.07) is 4.74. The van der Waals surface area contributed by atoms with Gasteiger partial charge in [0.1, 0.15) is 18.2 Å². The van der Waals surface area contributed by atoms with Crippen LogP contribution in [0.2, 0.25) is 0 Å². The van der Waals surface area contributed by atoms with Crippen molar-refractivity contribution in [1.29, 1.82) is 0 Å². The molecule has 0 amide bonds. The van der Waals surface area contributed by atoms with E-state index in [9.17, 15) is 4.39 Å². The number of nitrogens with zero attached hydrogens (tertiary/aromatic N) is 2. The standard InChI is InChI=1S/C13H15FN2O/c1-3-16-8-11(7-15-16)9-17-12-4-5-13(14)10(2)6-12/h4-8H,3,9H2,1-2H3. The van der Waals surface area contributed by atoms with E-state index in [0.29, 0.717) is 17.9 Å². The molecule has 0 N–H and O–H groups in total. The Labute approximate surface area is 99.8 Å². The number of rotatable bonds is 4. The summed E-state index contributed by atoms with van der Waals surface area (Å²) in [5.41, 5.74) is 1.60. The van der Waals surface area contributed by atoms with Crippen LogP contribution in [0.5, 0.6) is 5.75 Å². The lowest BCUT2D eigenvalue weighted by molar-refractivity contribution is 0.305. The summed E-state index contributed by atoms with van der Waals surface area (Å²) in [5.74, 6) is 0.462. The minimum Gasteiger partial charge on any atom is -0.489 e. The van der Waals surface area contributed by atoms with Gasteiger partial charge in [-0.1, -0.05) is 0 Å². The summed E-state index contributed by atoms with van der Waals surface area (Å²) in [6.07, 6.45) is 3.72. The highest BCUT2D eigenvalue weighted by molar-refractivity contribution is 5.29. The molecule has 0 unspecified atom stereocenters. The SMILES string of the molecule is CCn1cc(COc2ccc(F)c(C)c2)cn1. The maximum atomic E-state index is 13.0. The monoisotopic (exact) mass is 234 g/mol. The van der Waals surface area contributed by atoms with Crippen molar-refractivity contribution >= 4 is 0 Å². The predicted molar refractivity (Wildman–Crippen MR) is 63.4 cm³/mol. The smallest absolute Gasteiger partial charge is 0.126 e. The largest absolute Gasteiger partial charge is 0.489 e. The number of ether oxygens (including phenoxy) is 1. The molecule has 1 heterocycles. The molecule has 0 fully saturated rings. The molecule has 0 bridgehead atoms. The fraction of sp³-hybridized carbons (Fsp3) is 0.308. The summed E-state index contributed by atoms with van der Waals surface area (Å²) >= 11 is 0. The van der Waals surface area contributed by atoms with E-state index in [2.05, 4.69) is 5.10 Å². The summed E-state index contributed by atoms with van der Waals surface area (Å²) in [5, 5.41) is 4.16. The minimum atomic E-state index is -0.212. The Morgan fingerprint density at radius 1 is 1.41 bits per heavy atom. The number of hydrogen-bond donors (Lipinski definition) is 0. The molecule has 0 saturated carbocycles. The molecule has 0 aliphatic heterocycles. The van der Waals surface area contributed by atoms with E-state index in [1.807, 2.05) is 17.8 Å². The lowest BCUT2D eigenvalue weighted by Crippen LogP contribution is -1.96. The molecule has 2 rings (SSSR count). The third kappa shape index (κ3) is 2.84. The minimum absolute atomic E-state index is 0.212. The molecule has 4 heteroatoms. The third-order valence-corrected chi connectivity index (χ3v) is 2.55. The molecule has 2 aromatic rings. The topological polar surface area (TPSA) is 27.1 Å². The highest BCUT2D eigenvalue weighted by atomic mass is 19.1. The van der Waals surface area contributed by atoms with Gasteiger partial charge in [0.05, 0.1) is 6.20 Å². The Kier molecular flexibility index (Phi) is 3.42. The van der Waals surface area contributed by atoms with E-state index >= 15 is 0 Å². The van der Waals surface area contributed by atoms with Crippen molar-refractivity contribution in [1.82, 2.24) is 9.78 Å². The molecular formula is C13H15FN2O. The predicted octanol–water partition coefficient (Wildman–Crippen LogP) is 2.93. The Morgan fingerprint density at radius 2 is 2.24 bits per heavy atom. The average molecular weight is 234 g/mol. The Morgan fingerprint density at radius 3 is 2.88 bits per heavy atom. The van der Waals surface area contributed by atoms with E-state index < -0.39 is 0 Å². The molecule has 0 radical (unpaired) electrons. The van der Waals surface area contributed by atoms with E-state index in [0.717, 1.165) is 12.1 Å². The van der Waals surface area contributed by atoms with E-state index in [1.165, 1.54) is 6.07 Å². The first-order chi connectivity index (χ1) is 8.19. The van der Waals surface area contributed by atoms with Gasteiger partial charge in [0, 0.05) is 18.3 Å². The van der Waals surface area contributed by atoms with Crippen LogP contribution in [-0.2, 0) is 13.2 Å². The molecule has 0 aliphatic carbocycles. The normalized spacial score (nSPS) is 10.5. The maximum absolute atomic E-state index is 13.0. The van der Waals surface area contributed by atoms with Gasteiger partial charge in [-0.05, 0) is 37.6 Å². The van der Waals surface area contributed by atoms with Crippen LogP contribution in [0.25, 0.3) is 0 Å². The van der Waals surface area contributed by atoms with E-state index in [-0.39, 0.29) is 5.82 Å². The third-order valence-electron chi connectivity index (χ3n) is 2.55. The van der Waals surface area contributed by atoms with E-state index in [4.69, 9.17) is 4.74 Å². The van der Waals surface area contributed by atoms with Gasteiger partial charge in [-0.25, -0.2) is 4.39 Å². The van der Waals surface area contributed by atoms with Gasteiger partial charge in [-0.2, -0.15) is 5.10 Å². The number of aromatic nitrogens is 2. The van der Waals surface area contributed by atoms with Gasteiger partial charge in [0.15, 0.2) is 0 Å². The van der Waals surface area contributed by atoms with Gasteiger partial charge >= 0.3 is 0 Å². The second-order valence-electron chi connectivity index (χ2n) is 3.90. The zero-order valence-electron chi connectivity index (χ0n) is 9.98. The zero-order chi connectivity index (χ0) is 12.3. The summed E-state index contributed by atoms with van der Waals surface area (Å²) in [7, 11) is 0. The Bertz CT molecular complexity index is 508. The fourth-order valence-corrected chi connectivity index (χ4v) is 1.53. The molecule has 3 nitrogen and oxygen atoms in total. The zero-order valence-corrected chi connectivity index (χ0v) is 9.98. The van der Waals surface area contributed by atoms with Gasteiger partial charge in [0.25, 0.3) is 0 Å². The first-order valence-electron chi connectivity index (χ1n) is 5.59. The van der Waals surface area contributed by atoms with Crippen LogP contribution in [-0.4, -0.2) is 9.78 Å². The Hall–Kier alpha value is -1.84. The number of hydrogen-bond acceptors (Lipinski definition) is 2. The lowest BCUT2D eigenvalue weighted by Gasteiger charge is -2.05.